The quantitative estimate of drug-likeness (QED) is 0.455. The van der Waals surface area contributed by atoms with E-state index in [4.69, 9.17) is 9.47 Å². The highest BCUT2D eigenvalue weighted by molar-refractivity contribution is 7.14. The van der Waals surface area contributed by atoms with Gasteiger partial charge in [0.05, 0.1) is 30.9 Å². The topological polar surface area (TPSA) is 89.1 Å². The number of hydrogen-bond donors (Lipinski definition) is 2. The van der Waals surface area contributed by atoms with Gasteiger partial charge < -0.3 is 14.5 Å². The van der Waals surface area contributed by atoms with Gasteiger partial charge in [0.1, 0.15) is 0 Å². The van der Waals surface area contributed by atoms with Crippen molar-refractivity contribution < 1.29 is 23.0 Å². The first-order valence-corrected chi connectivity index (χ1v) is 9.63. The van der Waals surface area contributed by atoms with E-state index in [1.807, 2.05) is 11.4 Å². The van der Waals surface area contributed by atoms with Crippen molar-refractivity contribution in [1.29, 1.82) is 0 Å². The van der Waals surface area contributed by atoms with Crippen LogP contribution in [0.3, 0.4) is 0 Å². The minimum atomic E-state index is -2.71. The van der Waals surface area contributed by atoms with Crippen LogP contribution in [0, 0.1) is 0 Å². The van der Waals surface area contributed by atoms with Gasteiger partial charge in [-0.05, 0) is 36.4 Å². The molecule has 2 heterocycles. The van der Waals surface area contributed by atoms with Crippen LogP contribution in [0.2, 0.25) is 0 Å². The Balaban J connectivity index is 1.53. The highest BCUT2D eigenvalue weighted by Crippen LogP contribution is 2.33. The number of anilines is 1. The van der Waals surface area contributed by atoms with E-state index < -0.39 is 18.2 Å². The lowest BCUT2D eigenvalue weighted by molar-refractivity contribution is 0.102. The molecule has 0 spiro atoms. The van der Waals surface area contributed by atoms with Crippen LogP contribution in [-0.4, -0.2) is 35.1 Å². The van der Waals surface area contributed by atoms with E-state index in [0.717, 1.165) is 5.56 Å². The maximum atomic E-state index is 12.8. The molecule has 0 atom stereocenters. The van der Waals surface area contributed by atoms with Crippen LogP contribution in [0.4, 0.5) is 13.9 Å². The molecule has 0 saturated heterocycles. The second-order valence-electron chi connectivity index (χ2n) is 6.22. The number of hydrogen-bond acceptors (Lipinski definition) is 6. The predicted molar refractivity (Wildman–Crippen MR) is 110 cm³/mol. The highest BCUT2D eigenvalue weighted by Gasteiger charge is 2.16. The molecule has 10 heteroatoms. The number of imidazole rings is 1. The van der Waals surface area contributed by atoms with Gasteiger partial charge in [-0.25, -0.2) is 18.7 Å². The van der Waals surface area contributed by atoms with Crippen LogP contribution in [0.25, 0.3) is 22.3 Å². The summed E-state index contributed by atoms with van der Waals surface area (Å²) < 4.78 is 36.1. The lowest BCUT2D eigenvalue weighted by Gasteiger charge is -2.08. The zero-order valence-corrected chi connectivity index (χ0v) is 16.7. The number of carbonyl (C=O) groups excluding carboxylic acids is 1. The predicted octanol–water partition coefficient (Wildman–Crippen LogP) is 4.89. The van der Waals surface area contributed by atoms with Gasteiger partial charge in [-0.3, -0.25) is 10.1 Å². The number of alkyl halides is 2. The summed E-state index contributed by atoms with van der Waals surface area (Å²) in [5.41, 5.74) is 2.51. The maximum Gasteiger partial charge on any atom is 0.295 e. The van der Waals surface area contributed by atoms with Gasteiger partial charge >= 0.3 is 0 Å². The molecule has 1 amide bonds. The number of fused-ring (bicyclic) bond motifs is 1. The van der Waals surface area contributed by atoms with Crippen LogP contribution in [0.15, 0.2) is 41.8 Å². The van der Waals surface area contributed by atoms with Crippen molar-refractivity contribution in [3.8, 4) is 22.8 Å². The SMILES string of the molecule is COc1ccc(-c2csc(NC(=O)c3ccc4nc(C(F)F)[nH]c4c3)n2)cc1OC. The molecule has 4 rings (SSSR count). The van der Waals surface area contributed by atoms with Crippen molar-refractivity contribution >= 4 is 33.4 Å². The van der Waals surface area contributed by atoms with E-state index in [0.29, 0.717) is 38.9 Å². The van der Waals surface area contributed by atoms with Crippen LogP contribution < -0.4 is 14.8 Å². The van der Waals surface area contributed by atoms with Gasteiger partial charge in [-0.2, -0.15) is 0 Å². The number of aromatic nitrogens is 3. The zero-order chi connectivity index (χ0) is 21.3. The van der Waals surface area contributed by atoms with E-state index in [9.17, 15) is 13.6 Å². The van der Waals surface area contributed by atoms with Crippen LogP contribution in [-0.2, 0) is 0 Å². The molecule has 0 aliphatic heterocycles. The van der Waals surface area contributed by atoms with E-state index in [2.05, 4.69) is 20.3 Å². The van der Waals surface area contributed by atoms with Gasteiger partial charge in [-0.15, -0.1) is 11.3 Å². The fourth-order valence-corrected chi connectivity index (χ4v) is 3.62. The molecule has 0 saturated carbocycles. The third-order valence-corrected chi connectivity index (χ3v) is 5.13. The van der Waals surface area contributed by atoms with Crippen molar-refractivity contribution in [3.63, 3.8) is 0 Å². The largest absolute Gasteiger partial charge is 0.493 e. The molecule has 7 nitrogen and oxygen atoms in total. The number of ether oxygens (including phenoxy) is 2. The molecule has 0 aliphatic carbocycles. The molecule has 0 aliphatic rings. The monoisotopic (exact) mass is 430 g/mol. The summed E-state index contributed by atoms with van der Waals surface area (Å²) in [6.07, 6.45) is -2.71. The zero-order valence-electron chi connectivity index (χ0n) is 15.9. The summed E-state index contributed by atoms with van der Waals surface area (Å²) in [5, 5.41) is 4.94. The molecule has 0 bridgehead atoms. The Hall–Kier alpha value is -3.53. The van der Waals surface area contributed by atoms with Gasteiger partial charge in [0.2, 0.25) is 0 Å². The van der Waals surface area contributed by atoms with Crippen molar-refractivity contribution in [2.75, 3.05) is 19.5 Å². The standard InChI is InChI=1S/C20H16F2N4O3S/c1-28-15-6-4-10(8-16(15)29-2)14-9-30-20(25-14)26-19(27)11-3-5-12-13(7-11)24-18(23-12)17(21)22/h3-9,17H,1-2H3,(H,23,24)(H,25,26,27). The fourth-order valence-electron chi connectivity index (χ4n) is 2.90. The first-order chi connectivity index (χ1) is 14.5. The number of carbonyl (C=O) groups is 1. The van der Waals surface area contributed by atoms with E-state index in [-0.39, 0.29) is 0 Å². The molecule has 0 unspecified atom stereocenters. The number of nitrogens with zero attached hydrogens (tertiary/aromatic N) is 2. The van der Waals surface area contributed by atoms with Crippen molar-refractivity contribution in [1.82, 2.24) is 15.0 Å². The minimum Gasteiger partial charge on any atom is -0.493 e. The van der Waals surface area contributed by atoms with Gasteiger partial charge in [-0.1, -0.05) is 0 Å². The number of H-pyrrole nitrogens is 1. The van der Waals surface area contributed by atoms with Crippen LogP contribution in [0.5, 0.6) is 11.5 Å². The number of thiazole rings is 1. The Bertz CT molecular complexity index is 1220. The molecule has 30 heavy (non-hydrogen) atoms. The molecule has 0 radical (unpaired) electrons. The summed E-state index contributed by atoms with van der Waals surface area (Å²) in [5.74, 6) is 0.346. The smallest absolute Gasteiger partial charge is 0.295 e. The number of rotatable bonds is 6. The van der Waals surface area contributed by atoms with Gasteiger partial charge in [0, 0.05) is 16.5 Å². The number of halogens is 2. The second-order valence-corrected chi connectivity index (χ2v) is 7.07. The number of amides is 1. The van der Waals surface area contributed by atoms with E-state index in [1.54, 1.807) is 26.4 Å². The molecular weight excluding hydrogens is 414 g/mol. The van der Waals surface area contributed by atoms with Crippen LogP contribution >= 0.6 is 11.3 Å². The summed E-state index contributed by atoms with van der Waals surface area (Å²) in [6.45, 7) is 0. The Labute approximate surface area is 173 Å². The number of benzene rings is 2. The summed E-state index contributed by atoms with van der Waals surface area (Å²) in [7, 11) is 3.11. The number of nitrogens with one attached hydrogen (secondary N) is 2. The number of methoxy groups -OCH3 is 2. The van der Waals surface area contributed by atoms with Crippen LogP contribution in [0.1, 0.15) is 22.6 Å². The van der Waals surface area contributed by atoms with Gasteiger partial charge in [0.25, 0.3) is 12.3 Å². The van der Waals surface area contributed by atoms with Gasteiger partial charge in [0.15, 0.2) is 22.5 Å². The highest BCUT2D eigenvalue weighted by atomic mass is 32.1. The lowest BCUT2D eigenvalue weighted by Crippen LogP contribution is -2.11. The normalized spacial score (nSPS) is 11.1. The summed E-state index contributed by atoms with van der Waals surface area (Å²) in [6, 6.07) is 9.94. The first-order valence-electron chi connectivity index (χ1n) is 8.75. The minimum absolute atomic E-state index is 0.301. The lowest BCUT2D eigenvalue weighted by atomic mass is 10.1. The van der Waals surface area contributed by atoms with Crippen molar-refractivity contribution in [2.45, 2.75) is 6.43 Å². The van der Waals surface area contributed by atoms with Crippen molar-refractivity contribution in [3.05, 3.63) is 53.2 Å². The molecule has 2 aromatic carbocycles. The Morgan fingerprint density at radius 2 is 1.90 bits per heavy atom. The van der Waals surface area contributed by atoms with Crippen molar-refractivity contribution in [2.24, 2.45) is 0 Å². The summed E-state index contributed by atoms with van der Waals surface area (Å²) in [4.78, 5) is 23.3. The first kappa shape index (κ1) is 19.8. The van der Waals surface area contributed by atoms with E-state index >= 15 is 0 Å². The maximum absolute atomic E-state index is 12.8. The molecule has 2 N–H and O–H groups in total. The Morgan fingerprint density at radius 1 is 1.10 bits per heavy atom. The Morgan fingerprint density at radius 3 is 2.63 bits per heavy atom. The molecule has 154 valence electrons. The Kier molecular flexibility index (Phi) is 5.32. The molecule has 4 aromatic rings. The fraction of sp³-hybridized carbons (Fsp3) is 0.150. The van der Waals surface area contributed by atoms with E-state index in [1.165, 1.54) is 29.5 Å². The summed E-state index contributed by atoms with van der Waals surface area (Å²) >= 11 is 1.27. The third-order valence-electron chi connectivity index (χ3n) is 4.37. The molecule has 0 fully saturated rings. The number of aromatic amines is 1. The average Bonchev–Trinajstić information content (AvgIpc) is 3.39. The third kappa shape index (κ3) is 3.81. The molecule has 2 aromatic heterocycles. The average molecular weight is 430 g/mol. The molecular formula is C20H16F2N4O3S. The second kappa shape index (κ2) is 8.07.